The molecule has 210 valence electrons. The van der Waals surface area contributed by atoms with Crippen LogP contribution in [-0.2, 0) is 20.2 Å². The van der Waals surface area contributed by atoms with Crippen LogP contribution in [0.25, 0.3) is 10.8 Å². The molecule has 2 heterocycles. The molecule has 0 amide bonds. The second kappa shape index (κ2) is 11.2. The van der Waals surface area contributed by atoms with E-state index in [-0.39, 0.29) is 10.8 Å². The molecule has 0 unspecified atom stereocenters. The molecule has 0 fully saturated rings. The number of benzene rings is 3. The number of hydrogen-bond acceptors (Lipinski definition) is 5. The van der Waals surface area contributed by atoms with Crippen molar-refractivity contribution in [3.63, 3.8) is 0 Å². The Morgan fingerprint density at radius 2 is 1.77 bits per heavy atom. The highest BCUT2D eigenvalue weighted by Gasteiger charge is 2.44. The third kappa shape index (κ3) is 5.03. The number of nitrogens with zero attached hydrogens (tertiary/aromatic N) is 3. The average molecular weight is 557 g/mol. The van der Waals surface area contributed by atoms with Crippen LogP contribution in [0.5, 0.6) is 0 Å². The molecule has 0 N–H and O–H groups in total. The Morgan fingerprint density at radius 1 is 1.00 bits per heavy atom. The highest BCUT2D eigenvalue weighted by molar-refractivity contribution is 7.94. The molecule has 2 aliphatic rings. The molecule has 3 aromatic carbocycles. The summed E-state index contributed by atoms with van der Waals surface area (Å²) in [4.78, 5) is 8.68. The third-order valence-corrected chi connectivity index (χ3v) is 8.89. The van der Waals surface area contributed by atoms with Crippen LogP contribution in [-0.4, -0.2) is 43.0 Å². The maximum absolute atomic E-state index is 5.29. The van der Waals surface area contributed by atoms with Gasteiger partial charge in [0, 0.05) is 60.0 Å². The van der Waals surface area contributed by atoms with Gasteiger partial charge in [0.1, 0.15) is 7.05 Å². The van der Waals surface area contributed by atoms with Gasteiger partial charge >= 0.3 is 0 Å². The van der Waals surface area contributed by atoms with Crippen molar-refractivity contribution in [1.29, 1.82) is 0 Å². The second-order valence-electron chi connectivity index (χ2n) is 12.0. The molecule has 0 spiro atoms. The van der Waals surface area contributed by atoms with E-state index in [1.54, 1.807) is 14.1 Å². The molecule has 0 radical (unpaired) electrons. The lowest BCUT2D eigenvalue weighted by molar-refractivity contribution is -0.401. The van der Waals surface area contributed by atoms with Crippen molar-refractivity contribution in [2.45, 2.75) is 63.2 Å². The highest BCUT2D eigenvalue weighted by atomic mass is 32.2. The summed E-state index contributed by atoms with van der Waals surface area (Å²) in [5.41, 5.74) is 7.67. The molecule has 0 saturated heterocycles. The first-order valence-electron chi connectivity index (χ1n) is 14.2. The molecular weight excluding hydrogens is 514 g/mol. The lowest BCUT2D eigenvalue weighted by atomic mass is 9.80. The number of rotatable bonds is 9. The van der Waals surface area contributed by atoms with Gasteiger partial charge in [-0.3, -0.25) is 0 Å². The minimum Gasteiger partial charge on any atom is -0.344 e. The van der Waals surface area contributed by atoms with Gasteiger partial charge < -0.3 is 4.90 Å². The quantitative estimate of drug-likeness (QED) is 0.114. The van der Waals surface area contributed by atoms with Crippen LogP contribution in [0.15, 0.2) is 83.4 Å². The molecule has 3 aromatic rings. The lowest BCUT2D eigenvalue weighted by Crippen LogP contribution is -2.27. The largest absolute Gasteiger partial charge is 0.344 e. The number of hydroxylamine groups is 2. The van der Waals surface area contributed by atoms with Gasteiger partial charge in [-0.15, -0.1) is 9.32 Å². The van der Waals surface area contributed by atoms with Gasteiger partial charge in [-0.2, -0.15) is 9.64 Å². The summed E-state index contributed by atoms with van der Waals surface area (Å²) in [6.45, 7) is 12.6. The zero-order chi connectivity index (χ0) is 28.7. The van der Waals surface area contributed by atoms with Gasteiger partial charge in [-0.05, 0) is 60.9 Å². The van der Waals surface area contributed by atoms with E-state index in [9.17, 15) is 0 Å². The van der Waals surface area contributed by atoms with Crippen LogP contribution in [0.2, 0.25) is 0 Å². The molecule has 0 saturated carbocycles. The fourth-order valence-electron chi connectivity index (χ4n) is 6.31. The van der Waals surface area contributed by atoms with Gasteiger partial charge in [0.05, 0.1) is 17.5 Å². The predicted octanol–water partition coefficient (Wildman–Crippen LogP) is 8.32. The highest BCUT2D eigenvalue weighted by Crippen LogP contribution is 2.51. The van der Waals surface area contributed by atoms with E-state index in [0.29, 0.717) is 0 Å². The topological polar surface area (TPSA) is 28.0 Å². The zero-order valence-electron chi connectivity index (χ0n) is 25.1. The fourth-order valence-corrected chi connectivity index (χ4v) is 6.83. The molecule has 0 aliphatic carbocycles. The number of allylic oxidation sites excluding steroid dienone is 4. The van der Waals surface area contributed by atoms with Crippen molar-refractivity contribution in [3.8, 4) is 0 Å². The Bertz CT molecular complexity index is 1520. The van der Waals surface area contributed by atoms with Crippen molar-refractivity contribution in [1.82, 2.24) is 5.06 Å². The standard InChI is InChI=1S/C34H42N3O2S/c1-9-10-22-37-29-20-18-24-14-11-12-15-26(24)32(29)34(4,5)31(37)17-13-16-30-33(2,3)27-23-25(40-39-38-35(6)7)19-21-28(27)36(30)8/h11-21,23H,9-10,22H2,1-8H3/q+1. The zero-order valence-corrected chi connectivity index (χ0v) is 25.9. The maximum Gasteiger partial charge on any atom is 0.209 e. The van der Waals surface area contributed by atoms with Gasteiger partial charge in [0.2, 0.25) is 5.69 Å². The van der Waals surface area contributed by atoms with Crippen LogP contribution < -0.4 is 4.90 Å². The van der Waals surface area contributed by atoms with Crippen LogP contribution in [0.4, 0.5) is 11.4 Å². The normalized spacial score (nSPS) is 18.5. The number of anilines is 1. The summed E-state index contributed by atoms with van der Waals surface area (Å²) in [6.07, 6.45) is 9.23. The minimum atomic E-state index is -0.148. The molecule has 0 bridgehead atoms. The van der Waals surface area contributed by atoms with E-state index in [0.717, 1.165) is 17.9 Å². The Balaban J connectivity index is 1.47. The molecule has 5 rings (SSSR count). The van der Waals surface area contributed by atoms with E-state index >= 15 is 0 Å². The van der Waals surface area contributed by atoms with Crippen LogP contribution in [0, 0.1) is 0 Å². The van der Waals surface area contributed by atoms with E-state index in [1.807, 2.05) is 0 Å². The van der Waals surface area contributed by atoms with Crippen LogP contribution >= 0.6 is 12.0 Å². The van der Waals surface area contributed by atoms with Crippen LogP contribution in [0.3, 0.4) is 0 Å². The third-order valence-electron chi connectivity index (χ3n) is 8.31. The molecule has 2 aliphatic heterocycles. The summed E-state index contributed by atoms with van der Waals surface area (Å²) < 4.78 is 7.60. The Labute approximate surface area is 243 Å². The summed E-state index contributed by atoms with van der Waals surface area (Å²) in [6, 6.07) is 19.9. The van der Waals surface area contributed by atoms with E-state index in [1.165, 1.54) is 68.2 Å². The van der Waals surface area contributed by atoms with Crippen molar-refractivity contribution in [2.75, 3.05) is 32.6 Å². The first-order chi connectivity index (χ1) is 19.1. The van der Waals surface area contributed by atoms with Crippen molar-refractivity contribution < 1.29 is 13.9 Å². The smallest absolute Gasteiger partial charge is 0.209 e. The lowest BCUT2D eigenvalue weighted by Gasteiger charge is -2.27. The maximum atomic E-state index is 5.29. The molecule has 40 heavy (non-hydrogen) atoms. The first kappa shape index (κ1) is 28.6. The van der Waals surface area contributed by atoms with Gasteiger partial charge in [-0.1, -0.05) is 63.6 Å². The van der Waals surface area contributed by atoms with Gasteiger partial charge in [-0.25, -0.2) is 0 Å². The molecular formula is C34H42N3O2S+. The van der Waals surface area contributed by atoms with Gasteiger partial charge in [0.15, 0.2) is 5.71 Å². The average Bonchev–Trinajstić information content (AvgIpc) is 3.25. The Hall–Kier alpha value is -2.90. The number of unbranched alkanes of at least 4 members (excludes halogenated alkanes) is 1. The molecule has 0 atom stereocenters. The summed E-state index contributed by atoms with van der Waals surface area (Å²) in [5.74, 6) is 0. The SMILES string of the molecule is CCCCN1/C(=C/C=C/C2=[N+](C)c3ccc(SOON(C)C)cc3C2(C)C)C(C)(C)c2c1ccc1ccccc21. The molecule has 0 aromatic heterocycles. The Kier molecular flexibility index (Phi) is 7.99. The Morgan fingerprint density at radius 3 is 2.52 bits per heavy atom. The second-order valence-corrected chi connectivity index (χ2v) is 12.8. The van der Waals surface area contributed by atoms with Gasteiger partial charge in [0.25, 0.3) is 0 Å². The number of fused-ring (bicyclic) bond motifs is 4. The van der Waals surface area contributed by atoms with Crippen molar-refractivity contribution in [3.05, 3.63) is 89.6 Å². The monoisotopic (exact) mass is 556 g/mol. The minimum absolute atomic E-state index is 0.0975. The number of hydrogen-bond donors (Lipinski definition) is 0. The summed E-state index contributed by atoms with van der Waals surface area (Å²) >= 11 is 1.23. The van der Waals surface area contributed by atoms with E-state index < -0.39 is 0 Å². The van der Waals surface area contributed by atoms with Crippen LogP contribution in [0.1, 0.15) is 58.6 Å². The predicted molar refractivity (Wildman–Crippen MR) is 168 cm³/mol. The fraction of sp³-hybridized carbons (Fsp3) is 0.382. The van der Waals surface area contributed by atoms with Crippen molar-refractivity contribution >= 4 is 39.9 Å². The summed E-state index contributed by atoms with van der Waals surface area (Å²) in [5, 5.41) is 4.19. The van der Waals surface area contributed by atoms with Crippen molar-refractivity contribution in [2.24, 2.45) is 0 Å². The summed E-state index contributed by atoms with van der Waals surface area (Å²) in [7, 11) is 5.75. The first-order valence-corrected chi connectivity index (χ1v) is 14.9. The molecule has 5 nitrogen and oxygen atoms in total. The van der Waals surface area contributed by atoms with E-state index in [2.05, 4.69) is 124 Å². The molecule has 6 heteroatoms. The van der Waals surface area contributed by atoms with E-state index in [4.69, 9.17) is 9.32 Å².